The van der Waals surface area contributed by atoms with Crippen molar-refractivity contribution in [2.24, 2.45) is 17.6 Å². The maximum Gasteiger partial charge on any atom is 0.312 e. The highest BCUT2D eigenvalue weighted by Gasteiger charge is 2.32. The van der Waals surface area contributed by atoms with Crippen LogP contribution in [0.15, 0.2) is 24.3 Å². The van der Waals surface area contributed by atoms with Crippen molar-refractivity contribution < 1.29 is 9.59 Å². The molecule has 6 nitrogen and oxygen atoms in total. The number of carbonyl (C=O) groups is 2. The van der Waals surface area contributed by atoms with Crippen molar-refractivity contribution >= 4 is 11.9 Å². The zero-order chi connectivity index (χ0) is 17.8. The number of likely N-dealkylation sites (tertiary alicyclic amines) is 1. The molecule has 1 unspecified atom stereocenters. The molecule has 2 aliphatic rings. The van der Waals surface area contributed by atoms with Crippen LogP contribution in [0.3, 0.4) is 0 Å². The van der Waals surface area contributed by atoms with Crippen LogP contribution >= 0.6 is 0 Å². The first-order valence-electron chi connectivity index (χ1n) is 9.14. The van der Waals surface area contributed by atoms with E-state index in [4.69, 9.17) is 5.73 Å². The van der Waals surface area contributed by atoms with Gasteiger partial charge in [-0.25, -0.2) is 4.79 Å². The van der Waals surface area contributed by atoms with E-state index in [0.717, 1.165) is 50.1 Å². The highest BCUT2D eigenvalue weighted by Crippen LogP contribution is 2.28. The summed E-state index contributed by atoms with van der Waals surface area (Å²) in [7, 11) is 0. The third-order valence-corrected chi connectivity index (χ3v) is 5.51. The number of nitrogens with one attached hydrogen (secondary N) is 2. The van der Waals surface area contributed by atoms with Gasteiger partial charge in [0.25, 0.3) is 0 Å². The van der Waals surface area contributed by atoms with Gasteiger partial charge in [-0.05, 0) is 50.3 Å². The van der Waals surface area contributed by atoms with Gasteiger partial charge in [0, 0.05) is 13.1 Å². The highest BCUT2D eigenvalue weighted by atomic mass is 16.2. The van der Waals surface area contributed by atoms with Crippen molar-refractivity contribution in [1.82, 2.24) is 15.5 Å². The number of nitrogens with two attached hydrogens (primary N) is 1. The predicted octanol–water partition coefficient (Wildman–Crippen LogP) is 1.55. The molecule has 6 heteroatoms. The Bertz CT molecular complexity index is 620. The van der Waals surface area contributed by atoms with Crippen LogP contribution in [-0.4, -0.2) is 43.0 Å². The molecule has 0 spiro atoms. The lowest BCUT2D eigenvalue weighted by Crippen LogP contribution is -2.39. The van der Waals surface area contributed by atoms with Gasteiger partial charge < -0.3 is 21.3 Å². The minimum Gasteiger partial charge on any atom is -0.352 e. The van der Waals surface area contributed by atoms with Crippen LogP contribution in [-0.2, 0) is 4.79 Å². The maximum absolute atomic E-state index is 12.8. The molecule has 0 aliphatic carbocycles. The third kappa shape index (κ3) is 4.51. The Kier molecular flexibility index (Phi) is 5.58. The van der Waals surface area contributed by atoms with E-state index in [9.17, 15) is 9.59 Å². The smallest absolute Gasteiger partial charge is 0.312 e. The van der Waals surface area contributed by atoms with Crippen LogP contribution in [0.4, 0.5) is 4.79 Å². The molecule has 3 atom stereocenters. The normalized spacial score (nSPS) is 24.3. The second kappa shape index (κ2) is 7.87. The Morgan fingerprint density at radius 3 is 2.56 bits per heavy atom. The zero-order valence-electron chi connectivity index (χ0n) is 14.8. The number of fused-ring (bicyclic) bond motifs is 1. The van der Waals surface area contributed by atoms with Crippen LogP contribution in [0.5, 0.6) is 0 Å². The van der Waals surface area contributed by atoms with E-state index in [-0.39, 0.29) is 18.4 Å². The second-order valence-corrected chi connectivity index (χ2v) is 7.32. The molecule has 2 saturated heterocycles. The molecule has 2 fully saturated rings. The number of primary amides is 1. The Balaban J connectivity index is 1.66. The molecular weight excluding hydrogens is 316 g/mol. The summed E-state index contributed by atoms with van der Waals surface area (Å²) >= 11 is 0. The van der Waals surface area contributed by atoms with Crippen molar-refractivity contribution in [1.29, 1.82) is 0 Å². The summed E-state index contributed by atoms with van der Waals surface area (Å²) in [4.78, 5) is 26.2. The molecule has 0 saturated carbocycles. The number of benzene rings is 1. The molecule has 1 aromatic rings. The Morgan fingerprint density at radius 2 is 1.96 bits per heavy atom. The molecule has 0 bridgehead atoms. The van der Waals surface area contributed by atoms with E-state index in [1.165, 1.54) is 0 Å². The standard InChI is InChI=1S/C19H28N4O2/c1-13-3-2-4-14(9-13)17(22-19(20)25)10-18(24)23-7-5-15-11-21-12-16(15)6-8-23/h2-4,9,15-17,21H,5-8,10-12H2,1H3,(H3,20,22,25)/t15-,16+,17?. The number of hydrogen-bond acceptors (Lipinski definition) is 3. The average molecular weight is 344 g/mol. The fraction of sp³-hybridized carbons (Fsp3) is 0.579. The first-order chi connectivity index (χ1) is 12.0. The number of carbonyl (C=O) groups excluding carboxylic acids is 2. The average Bonchev–Trinajstić information content (AvgIpc) is 2.92. The van der Waals surface area contributed by atoms with Crippen molar-refractivity contribution in [2.75, 3.05) is 26.2 Å². The molecule has 1 aromatic carbocycles. The number of rotatable bonds is 4. The number of hydrogen-bond donors (Lipinski definition) is 3. The van der Waals surface area contributed by atoms with E-state index in [2.05, 4.69) is 10.6 Å². The van der Waals surface area contributed by atoms with Crippen molar-refractivity contribution in [2.45, 2.75) is 32.2 Å². The fourth-order valence-electron chi connectivity index (χ4n) is 4.08. The summed E-state index contributed by atoms with van der Waals surface area (Å²) in [5, 5.41) is 6.18. The van der Waals surface area contributed by atoms with Crippen LogP contribution in [0.1, 0.15) is 36.4 Å². The number of nitrogens with zero attached hydrogens (tertiary/aromatic N) is 1. The number of aryl methyl sites for hydroxylation is 1. The van der Waals surface area contributed by atoms with E-state index in [1.807, 2.05) is 36.1 Å². The number of amides is 3. The van der Waals surface area contributed by atoms with Gasteiger partial charge >= 0.3 is 6.03 Å². The molecule has 3 rings (SSSR count). The van der Waals surface area contributed by atoms with Gasteiger partial charge in [-0.3, -0.25) is 4.79 Å². The first-order valence-corrected chi connectivity index (χ1v) is 9.14. The molecule has 0 aromatic heterocycles. The van der Waals surface area contributed by atoms with Crippen LogP contribution in [0.2, 0.25) is 0 Å². The maximum atomic E-state index is 12.8. The van der Waals surface area contributed by atoms with E-state index >= 15 is 0 Å². The summed E-state index contributed by atoms with van der Waals surface area (Å²) in [5.74, 6) is 1.47. The third-order valence-electron chi connectivity index (χ3n) is 5.51. The van der Waals surface area contributed by atoms with Crippen LogP contribution in [0, 0.1) is 18.8 Å². The number of urea groups is 1. The summed E-state index contributed by atoms with van der Waals surface area (Å²) in [6, 6.07) is 6.87. The molecular formula is C19H28N4O2. The summed E-state index contributed by atoms with van der Waals surface area (Å²) in [6.07, 6.45) is 2.36. The molecule has 3 amide bonds. The van der Waals surface area contributed by atoms with Gasteiger partial charge in [-0.1, -0.05) is 29.8 Å². The van der Waals surface area contributed by atoms with Crippen molar-refractivity contribution in [3.63, 3.8) is 0 Å². The minimum absolute atomic E-state index is 0.0909. The molecule has 136 valence electrons. The summed E-state index contributed by atoms with van der Waals surface area (Å²) < 4.78 is 0. The fourth-order valence-corrected chi connectivity index (χ4v) is 4.08. The van der Waals surface area contributed by atoms with Crippen LogP contribution < -0.4 is 16.4 Å². The summed E-state index contributed by atoms with van der Waals surface area (Å²) in [5.41, 5.74) is 7.34. The van der Waals surface area contributed by atoms with Gasteiger partial charge in [0.15, 0.2) is 0 Å². The minimum atomic E-state index is -0.601. The molecule has 25 heavy (non-hydrogen) atoms. The molecule has 2 heterocycles. The highest BCUT2D eigenvalue weighted by molar-refractivity contribution is 5.79. The molecule has 2 aliphatic heterocycles. The quantitative estimate of drug-likeness (QED) is 0.774. The Morgan fingerprint density at radius 1 is 1.28 bits per heavy atom. The topological polar surface area (TPSA) is 87.5 Å². The van der Waals surface area contributed by atoms with Gasteiger partial charge in [-0.15, -0.1) is 0 Å². The lowest BCUT2D eigenvalue weighted by molar-refractivity contribution is -0.131. The van der Waals surface area contributed by atoms with Gasteiger partial charge in [0.1, 0.15) is 0 Å². The first kappa shape index (κ1) is 17.7. The summed E-state index contributed by atoms with van der Waals surface area (Å²) in [6.45, 7) is 5.75. The monoisotopic (exact) mass is 344 g/mol. The SMILES string of the molecule is Cc1cccc(C(CC(=O)N2CC[C@@H]3CNC[C@@H]3CC2)NC(N)=O)c1. The van der Waals surface area contributed by atoms with Crippen LogP contribution in [0.25, 0.3) is 0 Å². The predicted molar refractivity (Wildman–Crippen MR) is 96.9 cm³/mol. The molecule has 4 N–H and O–H groups in total. The largest absolute Gasteiger partial charge is 0.352 e. The zero-order valence-corrected chi connectivity index (χ0v) is 14.8. The second-order valence-electron chi connectivity index (χ2n) is 7.32. The van der Waals surface area contributed by atoms with E-state index in [0.29, 0.717) is 11.8 Å². The van der Waals surface area contributed by atoms with Crippen molar-refractivity contribution in [3.8, 4) is 0 Å². The van der Waals surface area contributed by atoms with Gasteiger partial charge in [-0.2, -0.15) is 0 Å². The van der Waals surface area contributed by atoms with Crippen molar-refractivity contribution in [3.05, 3.63) is 35.4 Å². The Hall–Kier alpha value is -2.08. The lowest BCUT2D eigenvalue weighted by atomic mass is 9.92. The molecule has 0 radical (unpaired) electrons. The van der Waals surface area contributed by atoms with E-state index < -0.39 is 6.03 Å². The van der Waals surface area contributed by atoms with Gasteiger partial charge in [0.2, 0.25) is 5.91 Å². The van der Waals surface area contributed by atoms with Gasteiger partial charge in [0.05, 0.1) is 12.5 Å². The lowest BCUT2D eigenvalue weighted by Gasteiger charge is -2.25. The Labute approximate surface area is 149 Å². The van der Waals surface area contributed by atoms with E-state index in [1.54, 1.807) is 0 Å².